The molecular formula is C30H29N3O3. The van der Waals surface area contributed by atoms with Gasteiger partial charge in [0.05, 0.1) is 0 Å². The van der Waals surface area contributed by atoms with Gasteiger partial charge in [0, 0.05) is 43.1 Å². The number of hydrogen-bond acceptors (Lipinski definition) is 4. The molecule has 0 spiro atoms. The van der Waals surface area contributed by atoms with E-state index < -0.39 is 5.91 Å². The zero-order chi connectivity index (χ0) is 25.3. The fourth-order valence-electron chi connectivity index (χ4n) is 4.03. The quantitative estimate of drug-likeness (QED) is 0.174. The lowest BCUT2D eigenvalue weighted by Crippen LogP contribution is -2.50. The molecule has 0 bridgehead atoms. The van der Waals surface area contributed by atoms with Crippen LogP contribution in [0.2, 0.25) is 0 Å². The monoisotopic (exact) mass is 479 g/mol. The van der Waals surface area contributed by atoms with Gasteiger partial charge in [-0.15, -0.1) is 0 Å². The maximum atomic E-state index is 13.4. The Bertz CT molecular complexity index is 1260. The average molecular weight is 480 g/mol. The van der Waals surface area contributed by atoms with Crippen LogP contribution in [-0.4, -0.2) is 48.7 Å². The molecule has 1 fully saturated rings. The lowest BCUT2D eigenvalue weighted by atomic mass is 10.1. The van der Waals surface area contributed by atoms with E-state index in [0.717, 1.165) is 11.3 Å². The van der Waals surface area contributed by atoms with Crippen LogP contribution in [0.3, 0.4) is 0 Å². The third kappa shape index (κ3) is 6.36. The first kappa shape index (κ1) is 24.7. The molecule has 0 aromatic heterocycles. The van der Waals surface area contributed by atoms with Crippen molar-refractivity contribution in [3.8, 4) is 0 Å². The molecule has 4 rings (SSSR count). The van der Waals surface area contributed by atoms with E-state index in [1.807, 2.05) is 78.9 Å². The van der Waals surface area contributed by atoms with E-state index >= 15 is 0 Å². The molecular weight excluding hydrogens is 450 g/mol. The molecule has 6 heteroatoms. The Hall–Kier alpha value is -4.45. The summed E-state index contributed by atoms with van der Waals surface area (Å²) in [6.45, 7) is 3.81. The van der Waals surface area contributed by atoms with Gasteiger partial charge in [0.25, 0.3) is 11.8 Å². The predicted octanol–water partition coefficient (Wildman–Crippen LogP) is 4.82. The highest BCUT2D eigenvalue weighted by Gasteiger charge is 2.27. The van der Waals surface area contributed by atoms with Crippen LogP contribution in [0.25, 0.3) is 6.08 Å². The Balaban J connectivity index is 1.47. The number of Topliss-reactive ketones (excluding diaryl/α,β-unsaturated/α-hetero) is 1. The minimum Gasteiger partial charge on any atom is -0.368 e. The number of anilines is 2. The van der Waals surface area contributed by atoms with Crippen molar-refractivity contribution in [3.05, 3.63) is 114 Å². The number of benzene rings is 3. The van der Waals surface area contributed by atoms with Gasteiger partial charge in [0.15, 0.2) is 5.78 Å². The zero-order valence-electron chi connectivity index (χ0n) is 20.3. The van der Waals surface area contributed by atoms with Gasteiger partial charge >= 0.3 is 0 Å². The number of nitrogens with one attached hydrogen (secondary N) is 1. The second-order valence-corrected chi connectivity index (χ2v) is 8.55. The van der Waals surface area contributed by atoms with Gasteiger partial charge in [0.2, 0.25) is 0 Å². The molecule has 1 saturated heterocycles. The molecule has 3 aromatic carbocycles. The molecule has 3 aromatic rings. The van der Waals surface area contributed by atoms with E-state index in [9.17, 15) is 14.4 Å². The fraction of sp³-hybridized carbons (Fsp3) is 0.167. The van der Waals surface area contributed by atoms with Crippen molar-refractivity contribution in [1.82, 2.24) is 4.90 Å². The SMILES string of the molecule is CC(=O)c1ccc(N2CCN(C(=O)/C(=C\C=C\c3ccccc3)C(=O)Nc3ccccc3)CC2)cc1. The standard InChI is InChI=1S/C30H29N3O3/c1-23(34)25-15-17-27(18-16-25)32-19-21-33(22-20-32)30(36)28(14-8-11-24-9-4-2-5-10-24)29(35)31-26-12-6-3-7-13-26/h2-18H,19-22H2,1H3,(H,31,35)/b11-8+,28-14-. The Morgan fingerprint density at radius 2 is 1.39 bits per heavy atom. The van der Waals surface area contributed by atoms with Gasteiger partial charge < -0.3 is 15.1 Å². The number of nitrogens with zero attached hydrogens (tertiary/aromatic N) is 2. The number of hydrogen-bond donors (Lipinski definition) is 1. The number of allylic oxidation sites excluding steroid dienone is 2. The largest absolute Gasteiger partial charge is 0.368 e. The van der Waals surface area contributed by atoms with Crippen LogP contribution in [0.1, 0.15) is 22.8 Å². The Labute approximate surface area is 211 Å². The van der Waals surface area contributed by atoms with Gasteiger partial charge in [-0.3, -0.25) is 14.4 Å². The van der Waals surface area contributed by atoms with Gasteiger partial charge in [-0.2, -0.15) is 0 Å². The Morgan fingerprint density at radius 3 is 2.00 bits per heavy atom. The molecule has 1 aliphatic heterocycles. The summed E-state index contributed by atoms with van der Waals surface area (Å²) in [6, 6.07) is 26.3. The summed E-state index contributed by atoms with van der Waals surface area (Å²) in [4.78, 5) is 42.0. The highest BCUT2D eigenvalue weighted by molar-refractivity contribution is 6.23. The van der Waals surface area contributed by atoms with Crippen LogP contribution in [0.5, 0.6) is 0 Å². The molecule has 6 nitrogen and oxygen atoms in total. The second kappa shape index (κ2) is 11.8. The third-order valence-corrected chi connectivity index (χ3v) is 6.06. The maximum absolute atomic E-state index is 13.4. The lowest BCUT2D eigenvalue weighted by Gasteiger charge is -2.36. The van der Waals surface area contributed by atoms with Gasteiger partial charge in [-0.05, 0) is 55.0 Å². The molecule has 0 radical (unpaired) electrons. The van der Waals surface area contributed by atoms with Crippen LogP contribution in [-0.2, 0) is 9.59 Å². The van der Waals surface area contributed by atoms with Crippen molar-refractivity contribution in [2.45, 2.75) is 6.92 Å². The minimum atomic E-state index is -0.439. The van der Waals surface area contributed by atoms with E-state index in [0.29, 0.717) is 37.4 Å². The first-order valence-corrected chi connectivity index (χ1v) is 12.0. The summed E-state index contributed by atoms with van der Waals surface area (Å²) in [5.74, 6) is -0.703. The Kier molecular flexibility index (Phi) is 8.08. The van der Waals surface area contributed by atoms with Gasteiger partial charge in [-0.25, -0.2) is 0 Å². The van der Waals surface area contributed by atoms with Crippen LogP contribution >= 0.6 is 0 Å². The second-order valence-electron chi connectivity index (χ2n) is 8.55. The number of para-hydroxylation sites is 1. The first-order valence-electron chi connectivity index (χ1n) is 12.0. The van der Waals surface area contributed by atoms with Crippen molar-refractivity contribution < 1.29 is 14.4 Å². The van der Waals surface area contributed by atoms with E-state index in [2.05, 4.69) is 10.2 Å². The molecule has 36 heavy (non-hydrogen) atoms. The summed E-state index contributed by atoms with van der Waals surface area (Å²) in [5.41, 5.74) is 3.39. The number of piperazine rings is 1. The van der Waals surface area contributed by atoms with Crippen molar-refractivity contribution in [2.24, 2.45) is 0 Å². The van der Waals surface area contributed by atoms with Crippen LogP contribution in [0.15, 0.2) is 103 Å². The maximum Gasteiger partial charge on any atom is 0.261 e. The lowest BCUT2D eigenvalue weighted by molar-refractivity contribution is -0.129. The van der Waals surface area contributed by atoms with Crippen molar-refractivity contribution in [2.75, 3.05) is 36.4 Å². The average Bonchev–Trinajstić information content (AvgIpc) is 2.92. The molecule has 0 atom stereocenters. The highest BCUT2D eigenvalue weighted by Crippen LogP contribution is 2.19. The summed E-state index contributed by atoms with van der Waals surface area (Å²) in [6.07, 6.45) is 5.19. The van der Waals surface area contributed by atoms with E-state index in [-0.39, 0.29) is 17.3 Å². The summed E-state index contributed by atoms with van der Waals surface area (Å²) in [5, 5.41) is 2.83. The van der Waals surface area contributed by atoms with Gasteiger partial charge in [0.1, 0.15) is 5.57 Å². The molecule has 0 aliphatic carbocycles. The predicted molar refractivity (Wildman–Crippen MR) is 144 cm³/mol. The van der Waals surface area contributed by atoms with Crippen LogP contribution in [0.4, 0.5) is 11.4 Å². The molecule has 182 valence electrons. The summed E-state index contributed by atoms with van der Waals surface area (Å²) >= 11 is 0. The van der Waals surface area contributed by atoms with Crippen molar-refractivity contribution in [1.29, 1.82) is 0 Å². The number of amides is 2. The molecule has 0 unspecified atom stereocenters. The van der Waals surface area contributed by atoms with Crippen molar-refractivity contribution >= 4 is 35.0 Å². The van der Waals surface area contributed by atoms with Crippen molar-refractivity contribution in [3.63, 3.8) is 0 Å². The normalized spacial score (nSPS) is 14.1. The first-order chi connectivity index (χ1) is 17.5. The zero-order valence-corrected chi connectivity index (χ0v) is 20.3. The molecule has 0 saturated carbocycles. The fourth-order valence-corrected chi connectivity index (χ4v) is 4.03. The van der Waals surface area contributed by atoms with E-state index in [1.165, 1.54) is 0 Å². The minimum absolute atomic E-state index is 0.0337. The molecule has 2 amide bonds. The number of carbonyl (C=O) groups excluding carboxylic acids is 3. The van der Waals surface area contributed by atoms with E-state index in [4.69, 9.17) is 0 Å². The molecule has 1 aliphatic rings. The summed E-state index contributed by atoms with van der Waals surface area (Å²) in [7, 11) is 0. The smallest absolute Gasteiger partial charge is 0.261 e. The van der Waals surface area contributed by atoms with Crippen LogP contribution < -0.4 is 10.2 Å². The molecule has 1 N–H and O–H groups in total. The number of rotatable bonds is 7. The third-order valence-electron chi connectivity index (χ3n) is 6.06. The highest BCUT2D eigenvalue weighted by atomic mass is 16.2. The van der Waals surface area contributed by atoms with Gasteiger partial charge in [-0.1, -0.05) is 60.7 Å². The Morgan fingerprint density at radius 1 is 0.778 bits per heavy atom. The number of carbonyl (C=O) groups is 3. The topological polar surface area (TPSA) is 69.7 Å². The summed E-state index contributed by atoms with van der Waals surface area (Å²) < 4.78 is 0. The number of ketones is 1. The van der Waals surface area contributed by atoms with Crippen LogP contribution in [0, 0.1) is 0 Å². The van der Waals surface area contributed by atoms with E-state index in [1.54, 1.807) is 36.1 Å². The molecule has 1 heterocycles.